The Bertz CT molecular complexity index is 653. The maximum absolute atomic E-state index is 13.6. The van der Waals surface area contributed by atoms with Crippen molar-refractivity contribution in [2.75, 3.05) is 7.11 Å². The van der Waals surface area contributed by atoms with Gasteiger partial charge in [0.1, 0.15) is 5.75 Å². The predicted octanol–water partition coefficient (Wildman–Crippen LogP) is 2.86. The Morgan fingerprint density at radius 3 is 2.60 bits per heavy atom. The summed E-state index contributed by atoms with van der Waals surface area (Å²) in [4.78, 5) is 11.1. The molecule has 0 bridgehead atoms. The number of methoxy groups -OCH3 is 1. The Kier molecular flexibility index (Phi) is 4.00. The van der Waals surface area contributed by atoms with Crippen LogP contribution in [-0.2, 0) is 11.3 Å². The zero-order valence-corrected chi connectivity index (χ0v) is 10.8. The third-order valence-corrected chi connectivity index (χ3v) is 2.92. The standard InChI is InChI=1S/C15H13FO4/c1-20-8-10-5-15(19)14(16)6-13(10)12-3-2-11(18)4-9(12)7-17/h2-7,18-19H,8H2,1H3. The van der Waals surface area contributed by atoms with E-state index in [-0.39, 0.29) is 17.9 Å². The molecule has 0 aliphatic heterocycles. The zero-order chi connectivity index (χ0) is 14.7. The Morgan fingerprint density at radius 1 is 1.20 bits per heavy atom. The Hall–Kier alpha value is -2.40. The molecule has 0 saturated carbocycles. The van der Waals surface area contributed by atoms with Crippen molar-refractivity contribution < 1.29 is 24.1 Å². The van der Waals surface area contributed by atoms with Gasteiger partial charge in [0.15, 0.2) is 17.9 Å². The summed E-state index contributed by atoms with van der Waals surface area (Å²) in [5.41, 5.74) is 1.67. The van der Waals surface area contributed by atoms with Crippen LogP contribution in [0.4, 0.5) is 4.39 Å². The molecule has 0 aliphatic rings. The molecule has 0 atom stereocenters. The molecule has 5 heteroatoms. The smallest absolute Gasteiger partial charge is 0.165 e. The maximum atomic E-state index is 13.6. The third kappa shape index (κ3) is 2.62. The van der Waals surface area contributed by atoms with E-state index in [2.05, 4.69) is 0 Å². The largest absolute Gasteiger partial charge is 0.508 e. The minimum atomic E-state index is -0.787. The van der Waals surface area contributed by atoms with Crippen LogP contribution in [0.2, 0.25) is 0 Å². The normalized spacial score (nSPS) is 10.5. The summed E-state index contributed by atoms with van der Waals surface area (Å²) in [6.07, 6.45) is 0.580. The summed E-state index contributed by atoms with van der Waals surface area (Å²) < 4.78 is 18.6. The highest BCUT2D eigenvalue weighted by Crippen LogP contribution is 2.33. The number of aromatic hydroxyl groups is 2. The minimum Gasteiger partial charge on any atom is -0.508 e. The first-order valence-corrected chi connectivity index (χ1v) is 5.85. The molecule has 0 aromatic heterocycles. The van der Waals surface area contributed by atoms with Gasteiger partial charge in [-0.05, 0) is 47.0 Å². The van der Waals surface area contributed by atoms with E-state index >= 15 is 0 Å². The van der Waals surface area contributed by atoms with Crippen molar-refractivity contribution in [3.8, 4) is 22.6 Å². The summed E-state index contributed by atoms with van der Waals surface area (Å²) in [6.45, 7) is 0.155. The molecule has 0 amide bonds. The fraction of sp³-hybridized carbons (Fsp3) is 0.133. The van der Waals surface area contributed by atoms with Gasteiger partial charge in [-0.15, -0.1) is 0 Å². The molecule has 0 unspecified atom stereocenters. The second-order valence-corrected chi connectivity index (χ2v) is 4.28. The SMILES string of the molecule is COCc1cc(O)c(F)cc1-c1ccc(O)cc1C=O. The fourth-order valence-corrected chi connectivity index (χ4v) is 2.02. The van der Waals surface area contributed by atoms with Crippen molar-refractivity contribution in [2.24, 2.45) is 0 Å². The van der Waals surface area contributed by atoms with Crippen LogP contribution in [0.3, 0.4) is 0 Å². The van der Waals surface area contributed by atoms with Crippen molar-refractivity contribution in [3.05, 3.63) is 47.3 Å². The lowest BCUT2D eigenvalue weighted by Crippen LogP contribution is -1.96. The highest BCUT2D eigenvalue weighted by molar-refractivity contribution is 5.89. The molecule has 0 heterocycles. The van der Waals surface area contributed by atoms with E-state index in [0.717, 1.165) is 6.07 Å². The van der Waals surface area contributed by atoms with E-state index in [1.54, 1.807) is 0 Å². The molecule has 0 fully saturated rings. The number of rotatable bonds is 4. The van der Waals surface area contributed by atoms with Gasteiger partial charge in [-0.1, -0.05) is 0 Å². The molecule has 2 aromatic carbocycles. The second kappa shape index (κ2) is 5.71. The number of benzene rings is 2. The second-order valence-electron chi connectivity index (χ2n) is 4.28. The molecule has 104 valence electrons. The average Bonchev–Trinajstić information content (AvgIpc) is 2.43. The number of phenolic OH excluding ortho intramolecular Hbond substituents is 2. The maximum Gasteiger partial charge on any atom is 0.165 e. The van der Waals surface area contributed by atoms with Crippen LogP contribution in [0.5, 0.6) is 11.5 Å². The van der Waals surface area contributed by atoms with Crippen LogP contribution in [0.25, 0.3) is 11.1 Å². The molecule has 0 aliphatic carbocycles. The van der Waals surface area contributed by atoms with E-state index in [1.165, 1.54) is 31.4 Å². The lowest BCUT2D eigenvalue weighted by atomic mass is 9.95. The van der Waals surface area contributed by atoms with Crippen LogP contribution in [0.15, 0.2) is 30.3 Å². The summed E-state index contributed by atoms with van der Waals surface area (Å²) in [6, 6.07) is 6.62. The highest BCUT2D eigenvalue weighted by atomic mass is 19.1. The zero-order valence-electron chi connectivity index (χ0n) is 10.8. The number of hydrogen-bond acceptors (Lipinski definition) is 4. The van der Waals surface area contributed by atoms with E-state index in [4.69, 9.17) is 4.74 Å². The van der Waals surface area contributed by atoms with Gasteiger partial charge in [0, 0.05) is 12.7 Å². The van der Waals surface area contributed by atoms with Crippen molar-refractivity contribution in [3.63, 3.8) is 0 Å². The van der Waals surface area contributed by atoms with Gasteiger partial charge >= 0.3 is 0 Å². The van der Waals surface area contributed by atoms with E-state index < -0.39 is 11.6 Å². The molecular weight excluding hydrogens is 263 g/mol. The van der Waals surface area contributed by atoms with Crippen molar-refractivity contribution in [1.82, 2.24) is 0 Å². The number of halogens is 1. The number of hydrogen-bond donors (Lipinski definition) is 2. The van der Waals surface area contributed by atoms with E-state index in [0.29, 0.717) is 23.0 Å². The summed E-state index contributed by atoms with van der Waals surface area (Å²) >= 11 is 0. The molecule has 4 nitrogen and oxygen atoms in total. The molecule has 2 rings (SSSR count). The Balaban J connectivity index is 2.67. The van der Waals surface area contributed by atoms with Crippen LogP contribution in [0, 0.1) is 5.82 Å². The third-order valence-electron chi connectivity index (χ3n) is 2.92. The topological polar surface area (TPSA) is 66.8 Å². The van der Waals surface area contributed by atoms with E-state index in [9.17, 15) is 19.4 Å². The lowest BCUT2D eigenvalue weighted by molar-refractivity contribution is 0.112. The van der Waals surface area contributed by atoms with Crippen molar-refractivity contribution >= 4 is 6.29 Å². The average molecular weight is 276 g/mol. The predicted molar refractivity (Wildman–Crippen MR) is 71.3 cm³/mol. The van der Waals surface area contributed by atoms with Gasteiger partial charge in [-0.3, -0.25) is 4.79 Å². The van der Waals surface area contributed by atoms with Crippen LogP contribution >= 0.6 is 0 Å². The molecule has 20 heavy (non-hydrogen) atoms. The van der Waals surface area contributed by atoms with Gasteiger partial charge in [0.25, 0.3) is 0 Å². The van der Waals surface area contributed by atoms with Gasteiger partial charge in [0.2, 0.25) is 0 Å². The van der Waals surface area contributed by atoms with Crippen molar-refractivity contribution in [1.29, 1.82) is 0 Å². The lowest BCUT2D eigenvalue weighted by Gasteiger charge is -2.12. The number of carbonyl (C=O) groups excluding carboxylic acids is 1. The minimum absolute atomic E-state index is 0.0524. The van der Waals surface area contributed by atoms with Crippen molar-refractivity contribution in [2.45, 2.75) is 6.61 Å². The first-order chi connectivity index (χ1) is 9.56. The summed E-state index contributed by atoms with van der Waals surface area (Å²) in [5, 5.41) is 18.8. The quantitative estimate of drug-likeness (QED) is 0.843. The monoisotopic (exact) mass is 276 g/mol. The Morgan fingerprint density at radius 2 is 1.95 bits per heavy atom. The van der Waals surface area contributed by atoms with Gasteiger partial charge in [-0.2, -0.15) is 0 Å². The fourth-order valence-electron chi connectivity index (χ4n) is 2.02. The number of ether oxygens (including phenoxy) is 1. The van der Waals surface area contributed by atoms with Gasteiger partial charge in [-0.25, -0.2) is 4.39 Å². The number of aldehydes is 1. The Labute approximate surface area is 115 Å². The van der Waals surface area contributed by atoms with E-state index in [1.807, 2.05) is 0 Å². The van der Waals surface area contributed by atoms with Gasteiger partial charge in [0.05, 0.1) is 6.61 Å². The molecular formula is C15H13FO4. The molecule has 2 N–H and O–H groups in total. The summed E-state index contributed by atoms with van der Waals surface area (Å²) in [5.74, 6) is -1.32. The van der Waals surface area contributed by atoms with Crippen LogP contribution in [-0.4, -0.2) is 23.6 Å². The van der Waals surface area contributed by atoms with Crippen LogP contribution < -0.4 is 0 Å². The van der Waals surface area contributed by atoms with Crippen LogP contribution in [0.1, 0.15) is 15.9 Å². The molecule has 0 radical (unpaired) electrons. The summed E-state index contributed by atoms with van der Waals surface area (Å²) in [7, 11) is 1.47. The highest BCUT2D eigenvalue weighted by Gasteiger charge is 2.14. The van der Waals surface area contributed by atoms with Gasteiger partial charge < -0.3 is 14.9 Å². The molecule has 2 aromatic rings. The number of carbonyl (C=O) groups is 1. The molecule has 0 saturated heterocycles. The number of phenols is 2. The molecule has 0 spiro atoms. The first kappa shape index (κ1) is 14.0. The first-order valence-electron chi connectivity index (χ1n) is 5.85.